The second kappa shape index (κ2) is 4.80. The predicted octanol–water partition coefficient (Wildman–Crippen LogP) is 1.96. The SMILES string of the molecule is O=C(Nc1ccc2c(c1F)CCNC2=O)c1ccoc1. The van der Waals surface area contributed by atoms with Gasteiger partial charge < -0.3 is 15.1 Å². The lowest BCUT2D eigenvalue weighted by atomic mass is 9.99. The van der Waals surface area contributed by atoms with Gasteiger partial charge in [0.1, 0.15) is 6.26 Å². The molecule has 0 saturated heterocycles. The molecule has 20 heavy (non-hydrogen) atoms. The Morgan fingerprint density at radius 2 is 2.20 bits per heavy atom. The van der Waals surface area contributed by atoms with E-state index < -0.39 is 11.7 Å². The largest absolute Gasteiger partial charge is 0.472 e. The number of carbonyl (C=O) groups excluding carboxylic acids is 2. The van der Waals surface area contributed by atoms with Gasteiger partial charge in [-0.3, -0.25) is 9.59 Å². The molecule has 102 valence electrons. The van der Waals surface area contributed by atoms with Crippen molar-refractivity contribution in [3.05, 3.63) is 53.2 Å². The van der Waals surface area contributed by atoms with E-state index in [1.165, 1.54) is 30.7 Å². The molecule has 6 heteroatoms. The van der Waals surface area contributed by atoms with Crippen LogP contribution in [0.3, 0.4) is 0 Å². The fourth-order valence-electron chi connectivity index (χ4n) is 2.16. The van der Waals surface area contributed by atoms with Crippen LogP contribution in [0.1, 0.15) is 26.3 Å². The third-order valence-corrected chi connectivity index (χ3v) is 3.18. The highest BCUT2D eigenvalue weighted by molar-refractivity contribution is 6.04. The molecule has 0 aliphatic carbocycles. The Morgan fingerprint density at radius 3 is 2.95 bits per heavy atom. The van der Waals surface area contributed by atoms with Crippen LogP contribution in [0.2, 0.25) is 0 Å². The summed E-state index contributed by atoms with van der Waals surface area (Å²) in [5.41, 5.74) is 1.01. The number of rotatable bonds is 2. The fourth-order valence-corrected chi connectivity index (χ4v) is 2.16. The number of hydrogen-bond donors (Lipinski definition) is 2. The fraction of sp³-hybridized carbons (Fsp3) is 0.143. The normalized spacial score (nSPS) is 13.6. The maximum Gasteiger partial charge on any atom is 0.258 e. The lowest BCUT2D eigenvalue weighted by molar-refractivity contribution is 0.0944. The topological polar surface area (TPSA) is 71.3 Å². The summed E-state index contributed by atoms with van der Waals surface area (Å²) in [6.07, 6.45) is 3.05. The molecule has 0 bridgehead atoms. The number of benzene rings is 1. The molecular weight excluding hydrogens is 263 g/mol. The van der Waals surface area contributed by atoms with Crippen molar-refractivity contribution in [2.75, 3.05) is 11.9 Å². The first kappa shape index (κ1) is 12.4. The minimum atomic E-state index is -0.561. The quantitative estimate of drug-likeness (QED) is 0.879. The van der Waals surface area contributed by atoms with Gasteiger partial charge in [0.2, 0.25) is 0 Å². The zero-order chi connectivity index (χ0) is 14.1. The van der Waals surface area contributed by atoms with Crippen molar-refractivity contribution in [1.29, 1.82) is 0 Å². The van der Waals surface area contributed by atoms with Crippen molar-refractivity contribution < 1.29 is 18.4 Å². The minimum Gasteiger partial charge on any atom is -0.472 e. The van der Waals surface area contributed by atoms with Crippen molar-refractivity contribution >= 4 is 17.5 Å². The zero-order valence-corrected chi connectivity index (χ0v) is 10.4. The lowest BCUT2D eigenvalue weighted by Crippen LogP contribution is -2.32. The first-order chi connectivity index (χ1) is 9.66. The molecule has 2 aromatic rings. The summed E-state index contributed by atoms with van der Waals surface area (Å²) in [6, 6.07) is 4.38. The molecule has 0 unspecified atom stereocenters. The molecule has 1 aliphatic rings. The van der Waals surface area contributed by atoms with Crippen LogP contribution in [0, 0.1) is 5.82 Å². The molecule has 2 heterocycles. The Hall–Kier alpha value is -2.63. The van der Waals surface area contributed by atoms with Gasteiger partial charge in [0.05, 0.1) is 17.5 Å². The summed E-state index contributed by atoms with van der Waals surface area (Å²) in [6.45, 7) is 0.391. The minimum absolute atomic E-state index is 0.0599. The Kier molecular flexibility index (Phi) is 2.98. The van der Waals surface area contributed by atoms with E-state index in [0.717, 1.165) is 0 Å². The van der Waals surface area contributed by atoms with Crippen LogP contribution in [-0.4, -0.2) is 18.4 Å². The molecule has 0 radical (unpaired) electrons. The highest BCUT2D eigenvalue weighted by Crippen LogP contribution is 2.25. The van der Waals surface area contributed by atoms with E-state index in [1.807, 2.05) is 0 Å². The van der Waals surface area contributed by atoms with Gasteiger partial charge in [-0.15, -0.1) is 0 Å². The number of halogens is 1. The van der Waals surface area contributed by atoms with Crippen LogP contribution in [0.25, 0.3) is 0 Å². The van der Waals surface area contributed by atoms with Gasteiger partial charge in [-0.1, -0.05) is 0 Å². The maximum atomic E-state index is 14.3. The molecule has 0 atom stereocenters. The van der Waals surface area contributed by atoms with Crippen LogP contribution in [-0.2, 0) is 6.42 Å². The highest BCUT2D eigenvalue weighted by atomic mass is 19.1. The average molecular weight is 274 g/mol. The zero-order valence-electron chi connectivity index (χ0n) is 10.4. The molecule has 2 N–H and O–H groups in total. The summed E-state index contributed by atoms with van der Waals surface area (Å²) in [5.74, 6) is -1.31. The second-order valence-electron chi connectivity index (χ2n) is 4.43. The predicted molar refractivity (Wildman–Crippen MR) is 69.1 cm³/mol. The van der Waals surface area contributed by atoms with E-state index in [0.29, 0.717) is 29.7 Å². The van der Waals surface area contributed by atoms with E-state index in [9.17, 15) is 14.0 Å². The Morgan fingerprint density at radius 1 is 1.35 bits per heavy atom. The molecule has 0 fully saturated rings. The van der Waals surface area contributed by atoms with E-state index in [2.05, 4.69) is 10.6 Å². The van der Waals surface area contributed by atoms with Gasteiger partial charge in [-0.2, -0.15) is 0 Å². The van der Waals surface area contributed by atoms with E-state index >= 15 is 0 Å². The summed E-state index contributed by atoms with van der Waals surface area (Å²) >= 11 is 0. The van der Waals surface area contributed by atoms with E-state index in [1.54, 1.807) is 0 Å². The first-order valence-corrected chi connectivity index (χ1v) is 6.10. The Labute approximate surface area is 113 Å². The number of hydrogen-bond acceptors (Lipinski definition) is 3. The maximum absolute atomic E-state index is 14.3. The van der Waals surface area contributed by atoms with Crippen LogP contribution in [0.5, 0.6) is 0 Å². The summed E-state index contributed by atoms with van der Waals surface area (Å²) in [5, 5.41) is 5.11. The highest BCUT2D eigenvalue weighted by Gasteiger charge is 2.22. The third-order valence-electron chi connectivity index (χ3n) is 3.18. The standard InChI is InChI=1S/C14H11FN2O3/c15-12-9-3-5-16-14(19)10(9)1-2-11(12)17-13(18)8-4-6-20-7-8/h1-2,4,6-7H,3,5H2,(H,16,19)(H,17,18). The second-order valence-corrected chi connectivity index (χ2v) is 4.43. The Bertz CT molecular complexity index is 680. The molecule has 1 aliphatic heterocycles. The average Bonchev–Trinajstić information content (AvgIpc) is 2.97. The van der Waals surface area contributed by atoms with Crippen LogP contribution in [0.4, 0.5) is 10.1 Å². The third kappa shape index (κ3) is 2.05. The van der Waals surface area contributed by atoms with Crippen molar-refractivity contribution in [2.45, 2.75) is 6.42 Å². The number of furan rings is 1. The monoisotopic (exact) mass is 274 g/mol. The number of carbonyl (C=O) groups is 2. The van der Waals surface area contributed by atoms with Gasteiger partial charge in [-0.05, 0) is 24.6 Å². The summed E-state index contributed by atoms with van der Waals surface area (Å²) in [4.78, 5) is 23.4. The molecular formula is C14H11FN2O3. The van der Waals surface area contributed by atoms with Gasteiger partial charge in [0.25, 0.3) is 11.8 Å². The van der Waals surface area contributed by atoms with Crippen LogP contribution < -0.4 is 10.6 Å². The molecule has 0 spiro atoms. The van der Waals surface area contributed by atoms with E-state index in [-0.39, 0.29) is 11.6 Å². The van der Waals surface area contributed by atoms with Crippen LogP contribution >= 0.6 is 0 Å². The molecule has 5 nitrogen and oxygen atoms in total. The molecule has 3 rings (SSSR count). The van der Waals surface area contributed by atoms with Crippen molar-refractivity contribution in [1.82, 2.24) is 5.32 Å². The first-order valence-electron chi connectivity index (χ1n) is 6.10. The number of anilines is 1. The van der Waals surface area contributed by atoms with Gasteiger partial charge in [0, 0.05) is 17.7 Å². The van der Waals surface area contributed by atoms with Crippen molar-refractivity contribution in [3.63, 3.8) is 0 Å². The molecule has 0 saturated carbocycles. The lowest BCUT2D eigenvalue weighted by Gasteiger charge is -2.18. The number of amides is 2. The van der Waals surface area contributed by atoms with Gasteiger partial charge in [-0.25, -0.2) is 4.39 Å². The molecule has 2 amide bonds. The van der Waals surface area contributed by atoms with Crippen molar-refractivity contribution in [2.24, 2.45) is 0 Å². The van der Waals surface area contributed by atoms with Gasteiger partial charge >= 0.3 is 0 Å². The smallest absolute Gasteiger partial charge is 0.258 e. The molecule has 1 aromatic carbocycles. The van der Waals surface area contributed by atoms with Gasteiger partial charge in [0.15, 0.2) is 5.82 Å². The molecule has 1 aromatic heterocycles. The van der Waals surface area contributed by atoms with Crippen LogP contribution in [0.15, 0.2) is 35.1 Å². The Balaban J connectivity index is 1.92. The number of fused-ring (bicyclic) bond motifs is 1. The summed E-state index contributed by atoms with van der Waals surface area (Å²) < 4.78 is 19.1. The summed E-state index contributed by atoms with van der Waals surface area (Å²) in [7, 11) is 0. The van der Waals surface area contributed by atoms with E-state index in [4.69, 9.17) is 4.42 Å². The number of nitrogens with one attached hydrogen (secondary N) is 2. The van der Waals surface area contributed by atoms with Crippen molar-refractivity contribution in [3.8, 4) is 0 Å².